The molecule has 1 aliphatic heterocycles. The van der Waals surface area contributed by atoms with Crippen LogP contribution in [0.4, 0.5) is 0 Å². The summed E-state index contributed by atoms with van der Waals surface area (Å²) in [5, 5.41) is 9.50. The fourth-order valence-corrected chi connectivity index (χ4v) is 3.72. The molecule has 1 unspecified atom stereocenters. The van der Waals surface area contributed by atoms with Gasteiger partial charge < -0.3 is 9.67 Å². The SMILES string of the molecule is Cc1cc2n(c1C(=O)c1cccc(Br)c1)CCCCC2C(=O)O. The first-order valence-corrected chi connectivity index (χ1v) is 8.51. The van der Waals surface area contributed by atoms with Crippen LogP contribution < -0.4 is 0 Å². The first-order chi connectivity index (χ1) is 11.0. The lowest BCUT2D eigenvalue weighted by molar-refractivity contribution is -0.139. The Morgan fingerprint density at radius 3 is 2.74 bits per heavy atom. The number of fused-ring (bicyclic) bond motifs is 1. The summed E-state index contributed by atoms with van der Waals surface area (Å²) in [5.41, 5.74) is 2.83. The molecule has 0 aliphatic carbocycles. The van der Waals surface area contributed by atoms with E-state index in [2.05, 4.69) is 15.9 Å². The lowest BCUT2D eigenvalue weighted by Crippen LogP contribution is -2.17. The van der Waals surface area contributed by atoms with Gasteiger partial charge in [0.2, 0.25) is 5.78 Å². The molecule has 3 rings (SSSR count). The van der Waals surface area contributed by atoms with Gasteiger partial charge in [0, 0.05) is 22.3 Å². The zero-order valence-corrected chi connectivity index (χ0v) is 14.5. The van der Waals surface area contributed by atoms with E-state index in [4.69, 9.17) is 0 Å². The van der Waals surface area contributed by atoms with Crippen molar-refractivity contribution in [2.24, 2.45) is 0 Å². The van der Waals surface area contributed by atoms with Crippen molar-refractivity contribution < 1.29 is 14.7 Å². The maximum atomic E-state index is 13.0. The minimum absolute atomic E-state index is 0.0545. The number of aliphatic carboxylic acids is 1. The van der Waals surface area contributed by atoms with Gasteiger partial charge in [-0.2, -0.15) is 0 Å². The van der Waals surface area contributed by atoms with Crippen molar-refractivity contribution >= 4 is 27.7 Å². The number of hydrogen-bond acceptors (Lipinski definition) is 2. The van der Waals surface area contributed by atoms with E-state index in [0.717, 1.165) is 28.6 Å². The summed E-state index contributed by atoms with van der Waals surface area (Å²) in [5.74, 6) is -1.39. The predicted octanol–water partition coefficient (Wildman–Crippen LogP) is 4.14. The van der Waals surface area contributed by atoms with E-state index < -0.39 is 11.9 Å². The number of hydrogen-bond donors (Lipinski definition) is 1. The molecular weight excluding hydrogens is 358 g/mol. The Morgan fingerprint density at radius 1 is 1.26 bits per heavy atom. The highest BCUT2D eigenvalue weighted by atomic mass is 79.9. The molecule has 1 aliphatic rings. The Labute approximate surface area is 143 Å². The molecule has 2 heterocycles. The van der Waals surface area contributed by atoms with E-state index >= 15 is 0 Å². The van der Waals surface area contributed by atoms with Gasteiger partial charge in [-0.05, 0) is 43.5 Å². The fourth-order valence-electron chi connectivity index (χ4n) is 3.32. The second kappa shape index (κ2) is 6.32. The van der Waals surface area contributed by atoms with Crippen LogP contribution in [0.25, 0.3) is 0 Å². The molecular formula is C18H18BrNO3. The molecule has 0 spiro atoms. The Bertz CT molecular complexity index is 779. The monoisotopic (exact) mass is 375 g/mol. The minimum Gasteiger partial charge on any atom is -0.481 e. The van der Waals surface area contributed by atoms with Gasteiger partial charge in [-0.3, -0.25) is 9.59 Å². The van der Waals surface area contributed by atoms with Crippen molar-refractivity contribution in [3.63, 3.8) is 0 Å². The van der Waals surface area contributed by atoms with Crippen LogP contribution in [-0.4, -0.2) is 21.4 Å². The third-order valence-electron chi connectivity index (χ3n) is 4.40. The fraction of sp³-hybridized carbons (Fsp3) is 0.333. The van der Waals surface area contributed by atoms with Crippen LogP contribution in [0.5, 0.6) is 0 Å². The highest BCUT2D eigenvalue weighted by molar-refractivity contribution is 9.10. The van der Waals surface area contributed by atoms with Crippen molar-refractivity contribution in [2.75, 3.05) is 0 Å². The van der Waals surface area contributed by atoms with Gasteiger partial charge >= 0.3 is 5.97 Å². The molecule has 5 heteroatoms. The van der Waals surface area contributed by atoms with E-state index in [-0.39, 0.29) is 5.78 Å². The zero-order valence-electron chi connectivity index (χ0n) is 12.9. The maximum absolute atomic E-state index is 13.0. The highest BCUT2D eigenvalue weighted by Crippen LogP contribution is 2.32. The molecule has 0 bridgehead atoms. The molecule has 0 saturated carbocycles. The summed E-state index contributed by atoms with van der Waals surface area (Å²) in [6, 6.07) is 9.17. The van der Waals surface area contributed by atoms with Crippen LogP contribution >= 0.6 is 15.9 Å². The Morgan fingerprint density at radius 2 is 2.04 bits per heavy atom. The third kappa shape index (κ3) is 2.98. The lowest BCUT2D eigenvalue weighted by Gasteiger charge is -2.13. The van der Waals surface area contributed by atoms with Gasteiger partial charge in [0.15, 0.2) is 0 Å². The molecule has 2 aromatic rings. The number of aromatic nitrogens is 1. The van der Waals surface area contributed by atoms with Crippen molar-refractivity contribution in [3.8, 4) is 0 Å². The molecule has 1 aromatic heterocycles. The van der Waals surface area contributed by atoms with Crippen molar-refractivity contribution in [2.45, 2.75) is 38.6 Å². The van der Waals surface area contributed by atoms with Crippen LogP contribution in [0.15, 0.2) is 34.8 Å². The van der Waals surface area contributed by atoms with Crippen LogP contribution in [0.3, 0.4) is 0 Å². The van der Waals surface area contributed by atoms with Crippen molar-refractivity contribution in [3.05, 3.63) is 57.3 Å². The summed E-state index contributed by atoms with van der Waals surface area (Å²) in [6.45, 7) is 2.58. The molecule has 0 amide bonds. The molecule has 1 aromatic carbocycles. The molecule has 0 radical (unpaired) electrons. The molecule has 4 nitrogen and oxygen atoms in total. The smallest absolute Gasteiger partial charge is 0.312 e. The summed E-state index contributed by atoms with van der Waals surface area (Å²) in [7, 11) is 0. The molecule has 0 fully saturated rings. The van der Waals surface area contributed by atoms with Gasteiger partial charge in [0.25, 0.3) is 0 Å². The van der Waals surface area contributed by atoms with E-state index in [1.807, 2.05) is 29.7 Å². The van der Waals surface area contributed by atoms with Crippen LogP contribution in [0.1, 0.15) is 52.5 Å². The summed E-state index contributed by atoms with van der Waals surface area (Å²) in [6.07, 6.45) is 2.38. The number of carboxylic acid groups (broad SMARTS) is 1. The number of aryl methyl sites for hydroxylation is 1. The number of halogens is 1. The van der Waals surface area contributed by atoms with Crippen molar-refractivity contribution in [1.29, 1.82) is 0 Å². The predicted molar refractivity (Wildman–Crippen MR) is 91.0 cm³/mol. The number of carboxylic acids is 1. The molecule has 1 N–H and O–H groups in total. The summed E-state index contributed by atoms with van der Waals surface area (Å²) < 4.78 is 2.77. The third-order valence-corrected chi connectivity index (χ3v) is 4.89. The van der Waals surface area contributed by atoms with Crippen LogP contribution in [-0.2, 0) is 11.3 Å². The quantitative estimate of drug-likeness (QED) is 0.819. The number of carbonyl (C=O) groups excluding carboxylic acids is 1. The average molecular weight is 376 g/mol. The Balaban J connectivity index is 2.10. The number of benzene rings is 1. The highest BCUT2D eigenvalue weighted by Gasteiger charge is 2.30. The van der Waals surface area contributed by atoms with Crippen molar-refractivity contribution in [1.82, 2.24) is 4.57 Å². The molecule has 0 saturated heterocycles. The van der Waals surface area contributed by atoms with Gasteiger partial charge in [-0.25, -0.2) is 0 Å². The summed E-state index contributed by atoms with van der Waals surface area (Å²) >= 11 is 3.39. The second-order valence-corrected chi connectivity index (χ2v) is 6.89. The number of rotatable bonds is 3. The number of ketones is 1. The van der Waals surface area contributed by atoms with Gasteiger partial charge in [-0.15, -0.1) is 0 Å². The van der Waals surface area contributed by atoms with E-state index in [1.165, 1.54) is 0 Å². The normalized spacial score (nSPS) is 17.4. The first-order valence-electron chi connectivity index (χ1n) is 7.72. The first kappa shape index (κ1) is 16.0. The van der Waals surface area contributed by atoms with Gasteiger partial charge in [-0.1, -0.05) is 34.5 Å². The van der Waals surface area contributed by atoms with E-state index in [9.17, 15) is 14.7 Å². The second-order valence-electron chi connectivity index (χ2n) is 5.98. The minimum atomic E-state index is -0.813. The standard InChI is InChI=1S/C18H18BrNO3/c1-11-9-15-14(18(22)23)7-2-3-8-20(15)16(11)17(21)12-5-4-6-13(19)10-12/h4-6,9-10,14H,2-3,7-8H2,1H3,(H,22,23). The van der Waals surface area contributed by atoms with E-state index in [1.54, 1.807) is 12.1 Å². The van der Waals surface area contributed by atoms with Crippen LogP contribution in [0, 0.1) is 6.92 Å². The molecule has 23 heavy (non-hydrogen) atoms. The zero-order chi connectivity index (χ0) is 16.6. The van der Waals surface area contributed by atoms with Gasteiger partial charge in [0.1, 0.15) is 0 Å². The maximum Gasteiger partial charge on any atom is 0.312 e. The number of nitrogens with zero attached hydrogens (tertiary/aromatic N) is 1. The Kier molecular flexibility index (Phi) is 4.39. The van der Waals surface area contributed by atoms with Crippen LogP contribution in [0.2, 0.25) is 0 Å². The van der Waals surface area contributed by atoms with Gasteiger partial charge in [0.05, 0.1) is 11.6 Å². The lowest BCUT2D eigenvalue weighted by atomic mass is 9.99. The summed E-state index contributed by atoms with van der Waals surface area (Å²) in [4.78, 5) is 24.5. The number of carbonyl (C=O) groups is 2. The Hall–Kier alpha value is -1.88. The van der Waals surface area contributed by atoms with E-state index in [0.29, 0.717) is 24.2 Å². The topological polar surface area (TPSA) is 59.3 Å². The largest absolute Gasteiger partial charge is 0.481 e. The molecule has 120 valence electrons. The average Bonchev–Trinajstić information content (AvgIpc) is 2.68. The molecule has 1 atom stereocenters.